The van der Waals surface area contributed by atoms with Gasteiger partial charge in [-0.15, -0.1) is 0 Å². The molecule has 0 amide bonds. The summed E-state index contributed by atoms with van der Waals surface area (Å²) in [6, 6.07) is 0. The van der Waals surface area contributed by atoms with Crippen LogP contribution in [0.1, 0.15) is 12.5 Å². The van der Waals surface area contributed by atoms with Gasteiger partial charge in [-0.25, -0.2) is 36.4 Å². The number of nitrogen functional groups attached to an aromatic ring is 2. The van der Waals surface area contributed by atoms with E-state index >= 15 is 0 Å². The van der Waals surface area contributed by atoms with Gasteiger partial charge < -0.3 is 65.8 Å². The zero-order valence-corrected chi connectivity index (χ0v) is 33.8. The number of imidazole rings is 2. The number of nitrogens with two attached hydrogens (primary N) is 2. The van der Waals surface area contributed by atoms with Crippen molar-refractivity contribution < 1.29 is 108 Å². The minimum atomic E-state index is -6.74. The predicted molar refractivity (Wildman–Crippen MR) is 184 cm³/mol. The number of nitrogens with zero attached hydrogens (tertiary/aromatic N) is 6. The molecule has 2 saturated heterocycles. The average Bonchev–Trinajstić information content (AvgIpc) is 3.80. The van der Waals surface area contributed by atoms with Crippen LogP contribution in [0.25, 0.3) is 22.3 Å². The third kappa shape index (κ3) is 10.0. The fourth-order valence-electron chi connectivity index (χ4n) is 5.72. The van der Waals surface area contributed by atoms with Gasteiger partial charge in [0.05, 0.1) is 26.6 Å². The SMILES string of the molecule is Cn1c[n+]([C@@H]2O[C@H](COP(=O)(O)OP(=O)(O)OP(=O)([O-])OP(=O)(O)OP(=O)(O)OC[C@H]3O[C@@H](n4cnc5c(=O)[nH]c(N)nc54)[C@H](O)[C@@H]3O)[C@@H](O)[C@H]2O)c2nc(N)[nH]c(=O)c21. The molecule has 0 spiro atoms. The molecule has 60 heavy (non-hydrogen) atoms. The smallest absolute Gasteiger partial charge is 0.487 e. The summed E-state index contributed by atoms with van der Waals surface area (Å²) in [5.41, 5.74) is 8.94. The number of aromatic amines is 2. The van der Waals surface area contributed by atoms with Gasteiger partial charge in [0.25, 0.3) is 24.9 Å². The maximum atomic E-state index is 12.4. The fourth-order valence-corrected chi connectivity index (χ4v) is 12.0. The number of anilines is 2. The molecule has 334 valence electrons. The molecule has 0 bridgehead atoms. The molecule has 6 heterocycles. The third-order valence-corrected chi connectivity index (χ3v) is 15.6. The van der Waals surface area contributed by atoms with Crippen molar-refractivity contribution in [1.82, 2.24) is 34.1 Å². The molecule has 6 rings (SSSR count). The van der Waals surface area contributed by atoms with E-state index in [0.29, 0.717) is 0 Å². The van der Waals surface area contributed by atoms with E-state index in [1.54, 1.807) is 0 Å². The van der Waals surface area contributed by atoms with Crippen LogP contribution in [-0.4, -0.2) is 124 Å². The molecule has 2 aliphatic rings. The number of aliphatic hydroxyl groups is 4. The number of ether oxygens (including phenoxy) is 2. The van der Waals surface area contributed by atoms with Gasteiger partial charge >= 0.3 is 36.9 Å². The second kappa shape index (κ2) is 16.5. The Morgan fingerprint density at radius 1 is 0.783 bits per heavy atom. The molecular formula is C21H31N10O24P5. The van der Waals surface area contributed by atoms with Crippen molar-refractivity contribution in [3.63, 3.8) is 0 Å². The molecule has 0 radical (unpaired) electrons. The van der Waals surface area contributed by atoms with Crippen molar-refractivity contribution in [2.75, 3.05) is 24.7 Å². The van der Waals surface area contributed by atoms with Crippen LogP contribution in [-0.2, 0) is 65.6 Å². The van der Waals surface area contributed by atoms with Crippen LogP contribution in [0.2, 0.25) is 0 Å². The summed E-state index contributed by atoms with van der Waals surface area (Å²) >= 11 is 0. The van der Waals surface area contributed by atoms with Crippen LogP contribution in [0.4, 0.5) is 11.9 Å². The Labute approximate surface area is 329 Å². The van der Waals surface area contributed by atoms with E-state index in [2.05, 4.69) is 51.2 Å². The normalized spacial score (nSPS) is 29.8. The number of rotatable bonds is 16. The van der Waals surface area contributed by atoms with Crippen molar-refractivity contribution in [2.45, 2.75) is 49.1 Å². The van der Waals surface area contributed by atoms with E-state index in [-0.39, 0.29) is 34.2 Å². The Morgan fingerprint density at radius 2 is 1.30 bits per heavy atom. The van der Waals surface area contributed by atoms with Gasteiger partial charge in [0, 0.05) is 0 Å². The summed E-state index contributed by atoms with van der Waals surface area (Å²) in [6.45, 7) is -2.49. The van der Waals surface area contributed by atoms with Crippen molar-refractivity contribution in [3.05, 3.63) is 33.4 Å². The molecule has 2 fully saturated rings. The number of phosphoric ester groups is 2. The molecule has 34 nitrogen and oxygen atoms in total. The topological polar surface area (TPSA) is 514 Å². The lowest BCUT2D eigenvalue weighted by Crippen LogP contribution is -2.46. The summed E-state index contributed by atoms with van der Waals surface area (Å²) in [6.07, 6.45) is -12.0. The summed E-state index contributed by atoms with van der Waals surface area (Å²) in [5.74, 6) is -0.704. The van der Waals surface area contributed by atoms with E-state index in [1.807, 2.05) is 0 Å². The molecule has 39 heteroatoms. The van der Waals surface area contributed by atoms with Gasteiger partial charge in [-0.05, 0) is 0 Å². The first kappa shape index (κ1) is 46.3. The second-order valence-electron chi connectivity index (χ2n) is 12.4. The van der Waals surface area contributed by atoms with E-state index in [0.717, 1.165) is 15.5 Å². The van der Waals surface area contributed by atoms with Crippen molar-refractivity contribution in [3.8, 4) is 0 Å². The fraction of sp³-hybridized carbons (Fsp3) is 0.524. The van der Waals surface area contributed by atoms with Gasteiger partial charge in [-0.2, -0.15) is 13.6 Å². The van der Waals surface area contributed by atoms with Crippen molar-refractivity contribution in [1.29, 1.82) is 0 Å². The molecule has 0 saturated carbocycles. The number of aliphatic hydroxyl groups excluding tert-OH is 4. The molecule has 13 atom stereocenters. The lowest BCUT2D eigenvalue weighted by Gasteiger charge is -2.26. The summed E-state index contributed by atoms with van der Waals surface area (Å²) in [7, 11) is -30.1. The van der Waals surface area contributed by atoms with Gasteiger partial charge in [0.2, 0.25) is 17.7 Å². The quantitative estimate of drug-likeness (QED) is 0.0370. The number of aromatic nitrogens is 8. The molecule has 2 aliphatic heterocycles. The molecule has 14 N–H and O–H groups in total. The Kier molecular flexibility index (Phi) is 12.7. The van der Waals surface area contributed by atoms with E-state index in [4.69, 9.17) is 20.9 Å². The largest absolute Gasteiger partial charge is 0.756 e. The zero-order valence-electron chi connectivity index (χ0n) is 29.4. The minimum absolute atomic E-state index is 0.0536. The number of hydrogen-bond acceptors (Lipinski definition) is 25. The van der Waals surface area contributed by atoms with E-state index in [1.165, 1.54) is 17.9 Å². The van der Waals surface area contributed by atoms with Gasteiger partial charge in [-0.3, -0.25) is 42.3 Å². The Balaban J connectivity index is 1.02. The number of nitrogens with one attached hydrogen (secondary N) is 2. The summed E-state index contributed by atoms with van der Waals surface area (Å²) < 4.78 is 99.4. The van der Waals surface area contributed by atoms with Gasteiger partial charge in [0.15, 0.2) is 23.7 Å². The highest BCUT2D eigenvalue weighted by atomic mass is 31.3. The maximum Gasteiger partial charge on any atom is 0.487 e. The average molecular weight is 962 g/mol. The first-order valence-corrected chi connectivity index (χ1v) is 23.3. The highest BCUT2D eigenvalue weighted by Gasteiger charge is 2.50. The summed E-state index contributed by atoms with van der Waals surface area (Å²) in [5, 5.41) is 42.0. The van der Waals surface area contributed by atoms with Crippen LogP contribution in [0, 0.1) is 0 Å². The van der Waals surface area contributed by atoms with Crippen LogP contribution < -0.4 is 32.0 Å². The lowest BCUT2D eigenvalue weighted by atomic mass is 10.1. The highest BCUT2D eigenvalue weighted by molar-refractivity contribution is 7.71. The molecule has 0 aromatic carbocycles. The standard InChI is InChI=1S/C21H31N10O24P5/c1-29-5-31(15-9(29)17(37)28-21(23)26-15)19-13(35)11(33)7(51-19)3-49-57(40,41)53-59(44,45)55-60(46,47)54-58(42,43)52-56(38,39)48-2-6-10(32)12(34)18(50-6)30-4-24-8-14(30)25-20(22)27-16(8)36/h4-7,10-13,18-19,32-35H,2-3H2,1H3,(H10-,22,23,25,26,27,28,36,37,38,39,40,41,42,43,44,45,46,47)/t6-,7-,10-,11-,12-,13-,18-,19-/m1/s1. The lowest BCUT2D eigenvalue weighted by molar-refractivity contribution is -0.745. The number of phosphoric acid groups is 5. The van der Waals surface area contributed by atoms with Gasteiger partial charge in [0.1, 0.15) is 36.6 Å². The predicted octanol–water partition coefficient (Wildman–Crippen LogP) is -4.95. The number of fused-ring (bicyclic) bond motifs is 2. The minimum Gasteiger partial charge on any atom is -0.756 e. The summed E-state index contributed by atoms with van der Waals surface area (Å²) in [4.78, 5) is 92.1. The Morgan fingerprint density at radius 3 is 1.88 bits per heavy atom. The first-order valence-electron chi connectivity index (χ1n) is 15.9. The van der Waals surface area contributed by atoms with Crippen molar-refractivity contribution >= 4 is 73.3 Å². The van der Waals surface area contributed by atoms with Crippen LogP contribution in [0.3, 0.4) is 0 Å². The second-order valence-corrected chi connectivity index (χ2v) is 20.1. The zero-order chi connectivity index (χ0) is 44.5. The Hall–Kier alpha value is -3.23. The molecule has 0 aliphatic carbocycles. The maximum absolute atomic E-state index is 12.4. The van der Waals surface area contributed by atoms with Crippen LogP contribution in [0.15, 0.2) is 22.2 Å². The molecule has 5 unspecified atom stereocenters. The van der Waals surface area contributed by atoms with Crippen molar-refractivity contribution in [2.24, 2.45) is 7.05 Å². The number of aryl methyl sites for hydroxylation is 1. The molecular weight excluding hydrogens is 931 g/mol. The van der Waals surface area contributed by atoms with Crippen LogP contribution in [0.5, 0.6) is 0 Å². The highest BCUT2D eigenvalue weighted by Crippen LogP contribution is 2.72. The first-order chi connectivity index (χ1) is 27.6. The Bertz CT molecular complexity index is 2670. The number of hydrogen-bond donors (Lipinski definition) is 12. The number of H-pyrrole nitrogens is 2. The monoisotopic (exact) mass is 962 g/mol. The molecule has 4 aromatic rings. The van der Waals surface area contributed by atoms with E-state index in [9.17, 15) is 77.3 Å². The molecule has 4 aromatic heterocycles. The van der Waals surface area contributed by atoms with Gasteiger partial charge in [-0.1, -0.05) is 4.98 Å². The van der Waals surface area contributed by atoms with E-state index < -0.39 is 113 Å². The third-order valence-electron chi connectivity index (χ3n) is 8.09. The van der Waals surface area contributed by atoms with Crippen LogP contribution >= 0.6 is 39.1 Å².